The van der Waals surface area contributed by atoms with Gasteiger partial charge in [0.1, 0.15) is 10.7 Å². The fraction of sp³-hybridized carbons (Fsp3) is 0.0588. The highest BCUT2D eigenvalue weighted by molar-refractivity contribution is 7.92. The molecule has 3 rings (SSSR count). The number of aromatic carboxylic acids is 1. The van der Waals surface area contributed by atoms with Crippen molar-refractivity contribution in [3.8, 4) is 0 Å². The smallest absolute Gasteiger partial charge is 0.338 e. The minimum Gasteiger partial charge on any atom is -0.478 e. The molecule has 10 heteroatoms. The van der Waals surface area contributed by atoms with Crippen molar-refractivity contribution in [3.63, 3.8) is 0 Å². The molecule has 0 atom stereocenters. The Labute approximate surface area is 159 Å². The van der Waals surface area contributed by atoms with E-state index in [1.807, 2.05) is 0 Å². The summed E-state index contributed by atoms with van der Waals surface area (Å²) in [6, 6.07) is 9.67. The first-order valence-electron chi connectivity index (χ1n) is 7.58. The van der Waals surface area contributed by atoms with Crippen LogP contribution >= 0.6 is 11.6 Å². The van der Waals surface area contributed by atoms with Crippen LogP contribution in [-0.2, 0) is 16.6 Å². The average molecular weight is 410 g/mol. The summed E-state index contributed by atoms with van der Waals surface area (Å²) in [5.74, 6) is -2.71. The van der Waals surface area contributed by atoms with Gasteiger partial charge in [-0.2, -0.15) is 5.10 Å². The number of anilines is 1. The first kappa shape index (κ1) is 18.9. The highest BCUT2D eigenvalue weighted by Gasteiger charge is 2.23. The van der Waals surface area contributed by atoms with Crippen molar-refractivity contribution in [3.05, 3.63) is 76.8 Å². The Morgan fingerprint density at radius 3 is 2.56 bits per heavy atom. The number of carboxylic acid groups (broad SMARTS) is 1. The van der Waals surface area contributed by atoms with Gasteiger partial charge in [0, 0.05) is 18.1 Å². The number of hydrogen-bond acceptors (Lipinski definition) is 4. The number of nitrogens with one attached hydrogen (secondary N) is 1. The lowest BCUT2D eigenvalue weighted by molar-refractivity contribution is 0.0691. The Morgan fingerprint density at radius 2 is 1.96 bits per heavy atom. The summed E-state index contributed by atoms with van der Waals surface area (Å²) in [5.41, 5.74) is 0.362. The molecule has 1 heterocycles. The molecule has 0 radical (unpaired) electrons. The summed E-state index contributed by atoms with van der Waals surface area (Å²) in [5, 5.41) is 12.6. The van der Waals surface area contributed by atoms with E-state index in [0.29, 0.717) is 18.7 Å². The number of carbonyl (C=O) groups is 1. The molecule has 0 bridgehead atoms. The third kappa shape index (κ3) is 4.26. The van der Waals surface area contributed by atoms with Crippen LogP contribution in [0.5, 0.6) is 0 Å². The molecule has 0 aliphatic carbocycles. The summed E-state index contributed by atoms with van der Waals surface area (Å²) in [4.78, 5) is 10.5. The van der Waals surface area contributed by atoms with Gasteiger partial charge in [0.25, 0.3) is 10.0 Å². The Bertz CT molecular complexity index is 1080. The van der Waals surface area contributed by atoms with E-state index in [9.17, 15) is 17.6 Å². The third-order valence-corrected chi connectivity index (χ3v) is 5.50. The fourth-order valence-corrected chi connectivity index (χ4v) is 3.97. The zero-order valence-corrected chi connectivity index (χ0v) is 15.2. The topological polar surface area (TPSA) is 101 Å². The standard InChI is InChI=1S/C17H13ClFN3O4S/c18-14-9-15(19)13(17(23)24)8-16(14)27(25,26)21-12-4-2-11(3-5-12)10-22-7-1-6-20-22/h1-9,21H,10H2,(H,23,24). The molecule has 3 aromatic rings. The zero-order valence-electron chi connectivity index (χ0n) is 13.6. The van der Waals surface area contributed by atoms with E-state index >= 15 is 0 Å². The quantitative estimate of drug-likeness (QED) is 0.650. The van der Waals surface area contributed by atoms with Crippen molar-refractivity contribution in [1.82, 2.24) is 9.78 Å². The molecule has 0 spiro atoms. The molecule has 2 aromatic carbocycles. The van der Waals surface area contributed by atoms with Gasteiger partial charge in [-0.25, -0.2) is 17.6 Å². The predicted octanol–water partition coefficient (Wildman–Crippen LogP) is 3.22. The molecular formula is C17H13ClFN3O4S. The molecule has 0 saturated carbocycles. The molecule has 7 nitrogen and oxygen atoms in total. The van der Waals surface area contributed by atoms with Gasteiger partial charge in [-0.15, -0.1) is 0 Å². The molecule has 140 valence electrons. The molecule has 0 amide bonds. The van der Waals surface area contributed by atoms with Crippen LogP contribution in [0, 0.1) is 5.82 Å². The van der Waals surface area contributed by atoms with Crippen LogP contribution in [0.25, 0.3) is 0 Å². The summed E-state index contributed by atoms with van der Waals surface area (Å²) in [6.45, 7) is 0.520. The molecule has 1 aromatic heterocycles. The number of halogens is 2. The van der Waals surface area contributed by atoms with E-state index in [-0.39, 0.29) is 5.69 Å². The number of sulfonamides is 1. The maximum absolute atomic E-state index is 13.6. The summed E-state index contributed by atoms with van der Waals surface area (Å²) < 4.78 is 42.7. The van der Waals surface area contributed by atoms with Gasteiger partial charge >= 0.3 is 5.97 Å². The Kier molecular flexibility index (Phi) is 5.15. The maximum atomic E-state index is 13.6. The van der Waals surface area contributed by atoms with E-state index in [0.717, 1.165) is 5.56 Å². The Balaban J connectivity index is 1.84. The molecule has 27 heavy (non-hydrogen) atoms. The van der Waals surface area contributed by atoms with Gasteiger partial charge in [-0.3, -0.25) is 9.40 Å². The molecule has 0 fully saturated rings. The SMILES string of the molecule is O=C(O)c1cc(S(=O)(=O)Nc2ccc(Cn3cccn3)cc2)c(Cl)cc1F. The highest BCUT2D eigenvalue weighted by Crippen LogP contribution is 2.27. The lowest BCUT2D eigenvalue weighted by Crippen LogP contribution is -2.15. The van der Waals surface area contributed by atoms with Crippen LogP contribution in [0.4, 0.5) is 10.1 Å². The van der Waals surface area contributed by atoms with Crippen molar-refractivity contribution < 1.29 is 22.7 Å². The van der Waals surface area contributed by atoms with E-state index < -0.39 is 37.3 Å². The van der Waals surface area contributed by atoms with Crippen molar-refractivity contribution in [2.24, 2.45) is 0 Å². The van der Waals surface area contributed by atoms with Crippen molar-refractivity contribution >= 4 is 33.3 Å². The zero-order chi connectivity index (χ0) is 19.6. The van der Waals surface area contributed by atoms with E-state index in [2.05, 4.69) is 9.82 Å². The van der Waals surface area contributed by atoms with Gasteiger partial charge in [0.05, 0.1) is 17.1 Å². The van der Waals surface area contributed by atoms with Crippen LogP contribution in [0.15, 0.2) is 59.8 Å². The third-order valence-electron chi connectivity index (χ3n) is 3.65. The summed E-state index contributed by atoms with van der Waals surface area (Å²) in [7, 11) is -4.21. The van der Waals surface area contributed by atoms with Crippen molar-refractivity contribution in [1.29, 1.82) is 0 Å². The molecule has 0 unspecified atom stereocenters. The minimum absolute atomic E-state index is 0.247. The average Bonchev–Trinajstić information content (AvgIpc) is 3.09. The second kappa shape index (κ2) is 7.37. The normalized spacial score (nSPS) is 11.3. The second-order valence-electron chi connectivity index (χ2n) is 5.57. The molecule has 0 aliphatic heterocycles. The van der Waals surface area contributed by atoms with Gasteiger partial charge in [0.15, 0.2) is 0 Å². The summed E-state index contributed by atoms with van der Waals surface area (Å²) >= 11 is 5.80. The minimum atomic E-state index is -4.21. The lowest BCUT2D eigenvalue weighted by atomic mass is 10.2. The second-order valence-corrected chi connectivity index (χ2v) is 7.63. The van der Waals surface area contributed by atoms with E-state index in [1.165, 1.54) is 0 Å². The first-order chi connectivity index (χ1) is 12.8. The number of carboxylic acids is 1. The highest BCUT2D eigenvalue weighted by atomic mass is 35.5. The van der Waals surface area contributed by atoms with Crippen molar-refractivity contribution in [2.75, 3.05) is 4.72 Å². The summed E-state index contributed by atoms with van der Waals surface area (Å²) in [6.07, 6.45) is 3.45. The first-order valence-corrected chi connectivity index (χ1v) is 9.44. The number of benzene rings is 2. The lowest BCUT2D eigenvalue weighted by Gasteiger charge is -2.11. The maximum Gasteiger partial charge on any atom is 0.338 e. The number of nitrogens with zero attached hydrogens (tertiary/aromatic N) is 2. The van der Waals surface area contributed by atoms with Gasteiger partial charge in [-0.05, 0) is 35.9 Å². The molecular weight excluding hydrogens is 397 g/mol. The van der Waals surface area contributed by atoms with Gasteiger partial charge in [-0.1, -0.05) is 23.7 Å². The number of rotatable bonds is 6. The molecule has 2 N–H and O–H groups in total. The number of aromatic nitrogens is 2. The van der Waals surface area contributed by atoms with Gasteiger partial charge < -0.3 is 5.11 Å². The Hall–Kier alpha value is -2.91. The molecule has 0 saturated heterocycles. The number of hydrogen-bond donors (Lipinski definition) is 2. The van der Waals surface area contributed by atoms with Crippen molar-refractivity contribution in [2.45, 2.75) is 11.4 Å². The van der Waals surface area contributed by atoms with Crippen LogP contribution in [0.1, 0.15) is 15.9 Å². The monoisotopic (exact) mass is 409 g/mol. The largest absolute Gasteiger partial charge is 0.478 e. The van der Waals surface area contributed by atoms with E-state index in [4.69, 9.17) is 16.7 Å². The van der Waals surface area contributed by atoms with Crippen LogP contribution in [-0.4, -0.2) is 29.3 Å². The van der Waals surface area contributed by atoms with Crippen LogP contribution in [0.2, 0.25) is 5.02 Å². The fourth-order valence-electron chi connectivity index (χ4n) is 2.37. The predicted molar refractivity (Wildman–Crippen MR) is 96.9 cm³/mol. The van der Waals surface area contributed by atoms with E-state index in [1.54, 1.807) is 47.4 Å². The van der Waals surface area contributed by atoms with Gasteiger partial charge in [0.2, 0.25) is 0 Å². The Morgan fingerprint density at radius 1 is 1.26 bits per heavy atom. The van der Waals surface area contributed by atoms with Crippen LogP contribution in [0.3, 0.4) is 0 Å². The van der Waals surface area contributed by atoms with Crippen LogP contribution < -0.4 is 4.72 Å². The molecule has 0 aliphatic rings.